The summed E-state index contributed by atoms with van der Waals surface area (Å²) in [5, 5.41) is 9.95. The van der Waals surface area contributed by atoms with Crippen molar-refractivity contribution in [2.75, 3.05) is 11.9 Å². The second-order valence-corrected chi connectivity index (χ2v) is 5.12. The minimum absolute atomic E-state index is 0.0543. The summed E-state index contributed by atoms with van der Waals surface area (Å²) in [5.41, 5.74) is 0.410. The van der Waals surface area contributed by atoms with E-state index in [1.54, 1.807) is 0 Å². The van der Waals surface area contributed by atoms with Gasteiger partial charge in [-0.15, -0.1) is 0 Å². The maximum atomic E-state index is 12.4. The Kier molecular flexibility index (Phi) is 4.58. The van der Waals surface area contributed by atoms with Crippen molar-refractivity contribution in [1.82, 2.24) is 10.2 Å². The smallest absolute Gasteiger partial charge is 0.257 e. The molecule has 1 heterocycles. The first kappa shape index (κ1) is 14.1. The lowest BCUT2D eigenvalue weighted by Gasteiger charge is -2.26. The summed E-state index contributed by atoms with van der Waals surface area (Å²) in [7, 11) is 0. The average molecular weight is 265 g/mol. The molecule has 2 rings (SSSR count). The van der Waals surface area contributed by atoms with Crippen LogP contribution in [0.3, 0.4) is 0 Å². The summed E-state index contributed by atoms with van der Waals surface area (Å²) in [6, 6.07) is 1.90. The fourth-order valence-electron chi connectivity index (χ4n) is 2.71. The van der Waals surface area contributed by atoms with Gasteiger partial charge in [-0.3, -0.25) is 9.89 Å². The first-order valence-electron chi connectivity index (χ1n) is 7.20. The molecule has 0 atom stereocenters. The third kappa shape index (κ3) is 3.15. The highest BCUT2D eigenvalue weighted by molar-refractivity contribution is 5.96. The van der Waals surface area contributed by atoms with Gasteiger partial charge in [0.2, 0.25) is 0 Å². The van der Waals surface area contributed by atoms with E-state index in [0.717, 1.165) is 44.2 Å². The molecule has 1 aliphatic carbocycles. The fourth-order valence-corrected chi connectivity index (χ4v) is 2.71. The van der Waals surface area contributed by atoms with E-state index in [0.29, 0.717) is 12.4 Å². The van der Waals surface area contributed by atoms with Crippen LogP contribution in [0, 0.1) is 0 Å². The lowest BCUT2D eigenvalue weighted by atomic mass is 10.0. The predicted molar refractivity (Wildman–Crippen MR) is 74.0 cm³/mol. The van der Waals surface area contributed by atoms with Gasteiger partial charge in [-0.05, 0) is 39.0 Å². The number of rotatable bonds is 6. The number of amides is 1. The number of H-pyrrole nitrogens is 1. The Labute approximate surface area is 114 Å². The van der Waals surface area contributed by atoms with E-state index in [2.05, 4.69) is 22.4 Å². The number of nitrogens with zero attached hydrogens (tertiary/aromatic N) is 1. The van der Waals surface area contributed by atoms with Crippen molar-refractivity contribution in [2.24, 2.45) is 0 Å². The van der Waals surface area contributed by atoms with Crippen molar-refractivity contribution in [3.8, 4) is 0 Å². The molecule has 1 amide bonds. The predicted octanol–water partition coefficient (Wildman–Crippen LogP) is 2.65. The minimum atomic E-state index is -0.640. The van der Waals surface area contributed by atoms with Crippen LogP contribution in [0.4, 0.5) is 5.82 Å². The topological polar surface area (TPSA) is 67.0 Å². The molecule has 1 saturated carbocycles. The van der Waals surface area contributed by atoms with Gasteiger partial charge in [-0.2, -0.15) is 5.10 Å². The Balaban J connectivity index is 2.02. The number of nitrogens with one attached hydrogen (secondary N) is 2. The van der Waals surface area contributed by atoms with Crippen LogP contribution < -0.4 is 5.32 Å². The van der Waals surface area contributed by atoms with Crippen molar-refractivity contribution in [3.63, 3.8) is 0 Å². The van der Waals surface area contributed by atoms with Gasteiger partial charge in [-0.1, -0.05) is 13.3 Å². The number of anilines is 1. The van der Waals surface area contributed by atoms with Gasteiger partial charge in [0.25, 0.3) is 5.91 Å². The van der Waals surface area contributed by atoms with Gasteiger partial charge < -0.3 is 10.1 Å². The summed E-state index contributed by atoms with van der Waals surface area (Å²) in [5.74, 6) is 0.542. The SMILES string of the molecule is CCCc1cc(NC(=O)C2(OCC)CCCC2)n[nH]1. The van der Waals surface area contributed by atoms with Crippen molar-refractivity contribution in [1.29, 1.82) is 0 Å². The number of hydrogen-bond acceptors (Lipinski definition) is 3. The van der Waals surface area contributed by atoms with Gasteiger partial charge in [0, 0.05) is 18.4 Å². The van der Waals surface area contributed by atoms with Crippen LogP contribution in [0.5, 0.6) is 0 Å². The molecule has 5 heteroatoms. The normalized spacial score (nSPS) is 17.6. The quantitative estimate of drug-likeness (QED) is 0.831. The van der Waals surface area contributed by atoms with Crippen LogP contribution in [0.2, 0.25) is 0 Å². The third-order valence-electron chi connectivity index (χ3n) is 3.64. The van der Waals surface area contributed by atoms with E-state index >= 15 is 0 Å². The number of aryl methyl sites for hydroxylation is 1. The van der Waals surface area contributed by atoms with Crippen LogP contribution in [-0.2, 0) is 16.0 Å². The van der Waals surface area contributed by atoms with Gasteiger partial charge >= 0.3 is 0 Å². The van der Waals surface area contributed by atoms with Gasteiger partial charge in [0.15, 0.2) is 5.82 Å². The van der Waals surface area contributed by atoms with Gasteiger partial charge in [-0.25, -0.2) is 0 Å². The molecule has 0 aliphatic heterocycles. The highest BCUT2D eigenvalue weighted by Crippen LogP contribution is 2.34. The highest BCUT2D eigenvalue weighted by Gasteiger charge is 2.42. The molecular formula is C14H23N3O2. The van der Waals surface area contributed by atoms with Crippen molar-refractivity contribution in [2.45, 2.75) is 58.0 Å². The molecule has 1 fully saturated rings. The molecule has 0 radical (unpaired) electrons. The number of carbonyl (C=O) groups is 1. The molecule has 1 aromatic heterocycles. The summed E-state index contributed by atoms with van der Waals surface area (Å²) in [4.78, 5) is 12.4. The van der Waals surface area contributed by atoms with Gasteiger partial charge in [0.1, 0.15) is 5.60 Å². The average Bonchev–Trinajstić information content (AvgIpc) is 3.01. The molecule has 0 bridgehead atoms. The Hall–Kier alpha value is -1.36. The van der Waals surface area contributed by atoms with E-state index in [4.69, 9.17) is 4.74 Å². The van der Waals surface area contributed by atoms with E-state index in [-0.39, 0.29) is 5.91 Å². The number of carbonyl (C=O) groups excluding carboxylic acids is 1. The van der Waals surface area contributed by atoms with E-state index in [9.17, 15) is 4.79 Å². The van der Waals surface area contributed by atoms with Gasteiger partial charge in [0.05, 0.1) is 0 Å². The van der Waals surface area contributed by atoms with Crippen LogP contribution in [-0.4, -0.2) is 28.3 Å². The summed E-state index contributed by atoms with van der Waals surface area (Å²) < 4.78 is 5.73. The van der Waals surface area contributed by atoms with E-state index in [1.165, 1.54) is 0 Å². The Bertz CT molecular complexity index is 422. The van der Waals surface area contributed by atoms with Crippen molar-refractivity contribution < 1.29 is 9.53 Å². The molecule has 1 aliphatic rings. The monoisotopic (exact) mass is 265 g/mol. The molecule has 106 valence electrons. The van der Waals surface area contributed by atoms with Crippen LogP contribution in [0.25, 0.3) is 0 Å². The van der Waals surface area contributed by atoms with E-state index in [1.807, 2.05) is 13.0 Å². The maximum Gasteiger partial charge on any atom is 0.257 e. The molecule has 2 N–H and O–H groups in total. The molecule has 0 unspecified atom stereocenters. The molecule has 0 aromatic carbocycles. The summed E-state index contributed by atoms with van der Waals surface area (Å²) >= 11 is 0. The standard InChI is InChI=1S/C14H23N3O2/c1-3-7-11-10-12(17-16-11)15-13(18)14(19-4-2)8-5-6-9-14/h10H,3-9H2,1-2H3,(H2,15,16,17,18). The molecule has 0 saturated heterocycles. The summed E-state index contributed by atoms with van der Waals surface area (Å²) in [6.45, 7) is 4.61. The number of ether oxygens (including phenoxy) is 1. The Morgan fingerprint density at radius 1 is 1.47 bits per heavy atom. The van der Waals surface area contributed by atoms with Crippen molar-refractivity contribution in [3.05, 3.63) is 11.8 Å². The molecular weight excluding hydrogens is 242 g/mol. The molecule has 0 spiro atoms. The Morgan fingerprint density at radius 3 is 2.84 bits per heavy atom. The zero-order valence-electron chi connectivity index (χ0n) is 11.8. The van der Waals surface area contributed by atoms with Crippen molar-refractivity contribution >= 4 is 11.7 Å². The number of aromatic nitrogens is 2. The molecule has 1 aromatic rings. The molecule has 19 heavy (non-hydrogen) atoms. The third-order valence-corrected chi connectivity index (χ3v) is 3.64. The lowest BCUT2D eigenvalue weighted by molar-refractivity contribution is -0.140. The minimum Gasteiger partial charge on any atom is -0.365 e. The van der Waals surface area contributed by atoms with Crippen LogP contribution >= 0.6 is 0 Å². The highest BCUT2D eigenvalue weighted by atomic mass is 16.5. The lowest BCUT2D eigenvalue weighted by Crippen LogP contribution is -2.43. The molecule has 5 nitrogen and oxygen atoms in total. The zero-order chi connectivity index (χ0) is 13.7. The largest absolute Gasteiger partial charge is 0.365 e. The number of aromatic amines is 1. The first-order valence-corrected chi connectivity index (χ1v) is 7.20. The van der Waals surface area contributed by atoms with Crippen LogP contribution in [0.15, 0.2) is 6.07 Å². The van der Waals surface area contributed by atoms with E-state index < -0.39 is 5.60 Å². The number of hydrogen-bond donors (Lipinski definition) is 2. The first-order chi connectivity index (χ1) is 9.20. The van der Waals surface area contributed by atoms with Crippen LogP contribution in [0.1, 0.15) is 51.6 Å². The summed E-state index contributed by atoms with van der Waals surface area (Å²) in [6.07, 6.45) is 5.71. The maximum absolute atomic E-state index is 12.4. The second kappa shape index (κ2) is 6.19. The zero-order valence-corrected chi connectivity index (χ0v) is 11.8. The Morgan fingerprint density at radius 2 is 2.21 bits per heavy atom. The fraction of sp³-hybridized carbons (Fsp3) is 0.714. The second-order valence-electron chi connectivity index (χ2n) is 5.12.